The Bertz CT molecular complexity index is 1220. The van der Waals surface area contributed by atoms with Crippen LogP contribution in [0.1, 0.15) is 0 Å². The number of hydrogen-bond donors (Lipinski definition) is 0. The number of nitrogens with zero attached hydrogens (tertiary/aromatic N) is 3. The van der Waals surface area contributed by atoms with Gasteiger partial charge in [0.15, 0.2) is 0 Å². The third-order valence-corrected chi connectivity index (χ3v) is 5.51. The second kappa shape index (κ2) is 7.25. The van der Waals surface area contributed by atoms with E-state index in [1.54, 1.807) is 17.5 Å². The van der Waals surface area contributed by atoms with Gasteiger partial charge >= 0.3 is 0 Å². The average molecular weight is 379 g/mol. The summed E-state index contributed by atoms with van der Waals surface area (Å²) in [5.41, 5.74) is 4.08. The van der Waals surface area contributed by atoms with Gasteiger partial charge in [-0.1, -0.05) is 30.3 Å². The Kier molecular flexibility index (Phi) is 4.31. The van der Waals surface area contributed by atoms with Crippen molar-refractivity contribution in [1.82, 2.24) is 9.97 Å². The van der Waals surface area contributed by atoms with E-state index in [-0.39, 0.29) is 0 Å². The maximum atomic E-state index is 4.95. The van der Waals surface area contributed by atoms with Crippen molar-refractivity contribution in [1.29, 1.82) is 0 Å². The molecule has 0 radical (unpaired) electrons. The van der Waals surface area contributed by atoms with E-state index < -0.39 is 0 Å². The number of rotatable bonds is 4. The van der Waals surface area contributed by atoms with Crippen LogP contribution >= 0.6 is 11.3 Å². The third kappa shape index (κ3) is 3.15. The number of fused-ring (bicyclic) bond motifs is 1. The summed E-state index contributed by atoms with van der Waals surface area (Å²) in [6, 6.07) is 29.1. The van der Waals surface area contributed by atoms with Gasteiger partial charge in [-0.05, 0) is 65.4 Å². The first-order valence-electron chi connectivity index (χ1n) is 9.08. The van der Waals surface area contributed by atoms with Gasteiger partial charge in [0.25, 0.3) is 0 Å². The van der Waals surface area contributed by atoms with E-state index in [2.05, 4.69) is 63.8 Å². The highest BCUT2D eigenvalue weighted by atomic mass is 32.1. The summed E-state index contributed by atoms with van der Waals surface area (Å²) in [5.74, 6) is 0.878. The number of anilines is 3. The minimum atomic E-state index is 0.878. The van der Waals surface area contributed by atoms with Crippen LogP contribution in [0.5, 0.6) is 0 Å². The Balaban J connectivity index is 1.67. The predicted octanol–water partition coefficient (Wildman–Crippen LogP) is 6.83. The molecule has 0 aliphatic rings. The Hall–Kier alpha value is -3.50. The SMILES string of the molecule is c1ccc(N(c2ccc3ccsc3c2)c2cccc(-c3cccnc3)n2)cc1. The lowest BCUT2D eigenvalue weighted by Crippen LogP contribution is -2.11. The first-order chi connectivity index (χ1) is 13.9. The van der Waals surface area contributed by atoms with Crippen molar-refractivity contribution in [2.24, 2.45) is 0 Å². The lowest BCUT2D eigenvalue weighted by molar-refractivity contribution is 1.18. The largest absolute Gasteiger partial charge is 0.295 e. The summed E-state index contributed by atoms with van der Waals surface area (Å²) in [4.78, 5) is 11.4. The fraction of sp³-hybridized carbons (Fsp3) is 0. The zero-order valence-electron chi connectivity index (χ0n) is 15.1. The summed E-state index contributed by atoms with van der Waals surface area (Å²) >= 11 is 1.75. The van der Waals surface area contributed by atoms with E-state index in [0.29, 0.717) is 0 Å². The van der Waals surface area contributed by atoms with Crippen LogP contribution < -0.4 is 4.90 Å². The van der Waals surface area contributed by atoms with Crippen molar-refractivity contribution in [2.45, 2.75) is 0 Å². The van der Waals surface area contributed by atoms with Crippen molar-refractivity contribution in [3.05, 3.63) is 103 Å². The molecule has 4 heteroatoms. The van der Waals surface area contributed by atoms with E-state index in [0.717, 1.165) is 28.5 Å². The van der Waals surface area contributed by atoms with Crippen molar-refractivity contribution in [3.8, 4) is 11.3 Å². The first kappa shape index (κ1) is 16.7. The smallest absolute Gasteiger partial charge is 0.138 e. The molecule has 0 unspecified atom stereocenters. The Morgan fingerprint density at radius 2 is 1.68 bits per heavy atom. The number of thiophene rings is 1. The molecule has 0 N–H and O–H groups in total. The molecule has 0 bridgehead atoms. The minimum Gasteiger partial charge on any atom is -0.295 e. The predicted molar refractivity (Wildman–Crippen MR) is 118 cm³/mol. The van der Waals surface area contributed by atoms with Gasteiger partial charge < -0.3 is 0 Å². The van der Waals surface area contributed by atoms with E-state index in [1.165, 1.54) is 10.1 Å². The molecule has 134 valence electrons. The fourth-order valence-electron chi connectivity index (χ4n) is 3.30. The molecule has 0 fully saturated rings. The molecule has 5 rings (SSSR count). The monoisotopic (exact) mass is 379 g/mol. The number of benzene rings is 2. The number of pyridine rings is 2. The molecule has 0 aliphatic heterocycles. The standard InChI is InChI=1S/C24H17N3S/c1-2-7-20(8-3-1)27(21-12-11-18-13-15-28-23(18)16-21)24-10-4-9-22(26-24)19-6-5-14-25-17-19/h1-17H. The molecule has 0 amide bonds. The van der Waals surface area contributed by atoms with Crippen molar-refractivity contribution in [3.63, 3.8) is 0 Å². The maximum Gasteiger partial charge on any atom is 0.138 e. The van der Waals surface area contributed by atoms with Crippen molar-refractivity contribution >= 4 is 38.6 Å². The Morgan fingerprint density at radius 3 is 2.54 bits per heavy atom. The summed E-state index contributed by atoms with van der Waals surface area (Å²) < 4.78 is 1.27. The van der Waals surface area contributed by atoms with Crippen LogP contribution in [0, 0.1) is 0 Å². The Morgan fingerprint density at radius 1 is 0.750 bits per heavy atom. The molecule has 28 heavy (non-hydrogen) atoms. The molecule has 2 aromatic carbocycles. The topological polar surface area (TPSA) is 29.0 Å². The highest BCUT2D eigenvalue weighted by molar-refractivity contribution is 7.17. The second-order valence-corrected chi connectivity index (χ2v) is 7.38. The molecule has 3 heterocycles. The van der Waals surface area contributed by atoms with Gasteiger partial charge in [0, 0.05) is 34.0 Å². The van der Waals surface area contributed by atoms with Gasteiger partial charge in [-0.2, -0.15) is 0 Å². The molecule has 0 spiro atoms. The lowest BCUT2D eigenvalue weighted by Gasteiger charge is -2.24. The quantitative estimate of drug-likeness (QED) is 0.343. The summed E-state index contributed by atoms with van der Waals surface area (Å²) in [7, 11) is 0. The zero-order chi connectivity index (χ0) is 18.8. The van der Waals surface area contributed by atoms with Crippen LogP contribution in [-0.2, 0) is 0 Å². The van der Waals surface area contributed by atoms with Crippen LogP contribution in [0.2, 0.25) is 0 Å². The lowest BCUT2D eigenvalue weighted by atomic mass is 10.1. The molecule has 0 saturated heterocycles. The number of hydrogen-bond acceptors (Lipinski definition) is 4. The molecule has 3 nitrogen and oxygen atoms in total. The van der Waals surface area contributed by atoms with E-state index >= 15 is 0 Å². The Labute approximate surface area is 167 Å². The normalized spacial score (nSPS) is 10.9. The highest BCUT2D eigenvalue weighted by Crippen LogP contribution is 2.36. The van der Waals surface area contributed by atoms with E-state index in [4.69, 9.17) is 4.98 Å². The number of para-hydroxylation sites is 1. The first-order valence-corrected chi connectivity index (χ1v) is 9.96. The summed E-state index contributed by atoms with van der Waals surface area (Å²) in [6.45, 7) is 0. The molecule has 5 aromatic rings. The van der Waals surface area contributed by atoms with Crippen molar-refractivity contribution < 1.29 is 0 Å². The highest BCUT2D eigenvalue weighted by Gasteiger charge is 2.15. The molecular weight excluding hydrogens is 362 g/mol. The van der Waals surface area contributed by atoms with Gasteiger partial charge in [-0.15, -0.1) is 11.3 Å². The van der Waals surface area contributed by atoms with Gasteiger partial charge in [-0.25, -0.2) is 4.98 Å². The van der Waals surface area contributed by atoms with Crippen molar-refractivity contribution in [2.75, 3.05) is 4.90 Å². The van der Waals surface area contributed by atoms with E-state index in [1.807, 2.05) is 42.6 Å². The summed E-state index contributed by atoms with van der Waals surface area (Å²) in [6.07, 6.45) is 3.62. The van der Waals surface area contributed by atoms with E-state index in [9.17, 15) is 0 Å². The average Bonchev–Trinajstić information content (AvgIpc) is 3.24. The van der Waals surface area contributed by atoms with Crippen LogP contribution in [0.25, 0.3) is 21.3 Å². The third-order valence-electron chi connectivity index (χ3n) is 4.63. The summed E-state index contributed by atoms with van der Waals surface area (Å²) in [5, 5.41) is 3.39. The fourth-order valence-corrected chi connectivity index (χ4v) is 4.12. The van der Waals surface area contributed by atoms with Crippen LogP contribution in [-0.4, -0.2) is 9.97 Å². The minimum absolute atomic E-state index is 0.878. The van der Waals surface area contributed by atoms with Crippen LogP contribution in [0.15, 0.2) is 103 Å². The maximum absolute atomic E-state index is 4.95. The molecule has 0 atom stereocenters. The van der Waals surface area contributed by atoms with Gasteiger partial charge in [0.2, 0.25) is 0 Å². The van der Waals surface area contributed by atoms with Crippen LogP contribution in [0.4, 0.5) is 17.2 Å². The van der Waals surface area contributed by atoms with Gasteiger partial charge in [-0.3, -0.25) is 9.88 Å². The zero-order valence-corrected chi connectivity index (χ0v) is 15.9. The molecule has 3 aromatic heterocycles. The van der Waals surface area contributed by atoms with Gasteiger partial charge in [0.05, 0.1) is 5.69 Å². The number of aromatic nitrogens is 2. The second-order valence-electron chi connectivity index (χ2n) is 6.44. The molecule has 0 saturated carbocycles. The van der Waals surface area contributed by atoms with Crippen LogP contribution in [0.3, 0.4) is 0 Å². The van der Waals surface area contributed by atoms with Gasteiger partial charge in [0.1, 0.15) is 5.82 Å². The molecular formula is C24H17N3S. The molecule has 0 aliphatic carbocycles.